The fraction of sp³-hybridized carbons (Fsp3) is 0.326. The summed E-state index contributed by atoms with van der Waals surface area (Å²) in [5, 5.41) is 5.19. The van der Waals surface area contributed by atoms with Crippen LogP contribution >= 0.6 is 0 Å². The minimum atomic E-state index is -1.21. The van der Waals surface area contributed by atoms with E-state index in [9.17, 15) is 4.21 Å². The van der Waals surface area contributed by atoms with E-state index in [4.69, 9.17) is 4.18 Å². The number of anilines is 1. The second-order valence-electron chi connectivity index (χ2n) is 13.3. The van der Waals surface area contributed by atoms with E-state index in [1.54, 1.807) is 0 Å². The molecule has 4 aromatic carbocycles. The van der Waals surface area contributed by atoms with Crippen LogP contribution in [0.3, 0.4) is 0 Å². The molecule has 0 bridgehead atoms. The van der Waals surface area contributed by atoms with Crippen LogP contribution in [0.2, 0.25) is 0 Å². The first-order valence-electron chi connectivity index (χ1n) is 17.2. The lowest BCUT2D eigenvalue weighted by Crippen LogP contribution is -2.27. The van der Waals surface area contributed by atoms with Gasteiger partial charge >= 0.3 is 0 Å². The summed E-state index contributed by atoms with van der Waals surface area (Å²) in [6, 6.07) is 26.3. The standard InChI is InChI=1S/C41H45N2O2S.C2H6/c1-40(2)36(42(5)34-26-24-30-18-12-14-20-32(30)38(34)40)22-10-8-7-9-11-23-37-41(3,4)39-33-21-15-13-19-31(33)25-27-35(39)43(37)28-16-17-29-46(44)45-6;1-2/h7-15,18-27H,16-17,28-29H2,1-6H3;1-2H3/q+1;. The van der Waals surface area contributed by atoms with Crippen molar-refractivity contribution in [2.75, 3.05) is 31.4 Å². The number of rotatable bonds is 10. The first-order chi connectivity index (χ1) is 23.2. The van der Waals surface area contributed by atoms with Crippen molar-refractivity contribution in [2.24, 2.45) is 0 Å². The zero-order valence-corrected chi connectivity index (χ0v) is 30.7. The summed E-state index contributed by atoms with van der Waals surface area (Å²) >= 11 is -1.21. The van der Waals surface area contributed by atoms with Crippen molar-refractivity contribution in [3.63, 3.8) is 0 Å². The highest BCUT2D eigenvalue weighted by Gasteiger charge is 2.44. The maximum Gasteiger partial charge on any atom is 0.210 e. The van der Waals surface area contributed by atoms with Gasteiger partial charge in [0.15, 0.2) is 16.8 Å². The van der Waals surface area contributed by atoms with Gasteiger partial charge in [-0.1, -0.05) is 113 Å². The largest absolute Gasteiger partial charge is 0.344 e. The first-order valence-corrected chi connectivity index (χ1v) is 18.5. The number of benzene rings is 4. The summed E-state index contributed by atoms with van der Waals surface area (Å²) < 4.78 is 19.1. The Balaban J connectivity index is 0.00000221. The van der Waals surface area contributed by atoms with Gasteiger partial charge in [-0.2, -0.15) is 4.58 Å². The average Bonchev–Trinajstić information content (AvgIpc) is 3.44. The van der Waals surface area contributed by atoms with Gasteiger partial charge in [0.2, 0.25) is 5.69 Å². The second kappa shape index (κ2) is 15.0. The second-order valence-corrected chi connectivity index (χ2v) is 14.6. The molecular weight excluding hydrogens is 609 g/mol. The van der Waals surface area contributed by atoms with Crippen molar-refractivity contribution in [1.82, 2.24) is 0 Å². The van der Waals surface area contributed by atoms with Crippen molar-refractivity contribution >= 4 is 49.7 Å². The molecule has 0 N–H and O–H groups in total. The van der Waals surface area contributed by atoms with Crippen molar-refractivity contribution < 1.29 is 13.0 Å². The van der Waals surface area contributed by atoms with Gasteiger partial charge in [0.1, 0.15) is 7.05 Å². The van der Waals surface area contributed by atoms with Crippen LogP contribution < -0.4 is 4.90 Å². The molecule has 2 aliphatic heterocycles. The predicted octanol–water partition coefficient (Wildman–Crippen LogP) is 10.5. The third-order valence-corrected chi connectivity index (χ3v) is 10.7. The molecule has 4 aromatic rings. The maximum absolute atomic E-state index is 11.8. The van der Waals surface area contributed by atoms with E-state index >= 15 is 0 Å². The van der Waals surface area contributed by atoms with Crippen LogP contribution in [0.1, 0.15) is 65.5 Å². The lowest BCUT2D eigenvalue weighted by Gasteiger charge is -2.27. The number of allylic oxidation sites excluding steroid dienone is 8. The molecule has 0 radical (unpaired) electrons. The van der Waals surface area contributed by atoms with Crippen molar-refractivity contribution in [3.05, 3.63) is 132 Å². The monoisotopic (exact) mass is 659 g/mol. The maximum atomic E-state index is 11.8. The molecule has 0 saturated carbocycles. The zero-order chi connectivity index (χ0) is 34.5. The summed E-state index contributed by atoms with van der Waals surface area (Å²) in [5.41, 5.74) is 7.64. The smallest absolute Gasteiger partial charge is 0.210 e. The molecule has 6 rings (SSSR count). The van der Waals surface area contributed by atoms with E-state index in [0.29, 0.717) is 5.75 Å². The molecule has 4 nitrogen and oxygen atoms in total. The highest BCUT2D eigenvalue weighted by Crippen LogP contribution is 2.51. The van der Waals surface area contributed by atoms with E-state index in [-0.39, 0.29) is 10.8 Å². The summed E-state index contributed by atoms with van der Waals surface area (Å²) in [7, 11) is 3.68. The fourth-order valence-corrected chi connectivity index (χ4v) is 8.14. The number of nitrogens with zero attached hydrogens (tertiary/aromatic N) is 2. The number of unbranched alkanes of at least 4 members (excludes halogenated alkanes) is 1. The topological polar surface area (TPSA) is 32.5 Å². The van der Waals surface area contributed by atoms with E-state index in [1.165, 1.54) is 62.6 Å². The minimum Gasteiger partial charge on any atom is -0.344 e. The molecular formula is C43H51N2O2S+. The minimum absolute atomic E-state index is 0.0924. The van der Waals surface area contributed by atoms with Crippen LogP contribution in [0.15, 0.2) is 121 Å². The summed E-state index contributed by atoms with van der Waals surface area (Å²) in [4.78, 5) is 2.46. The van der Waals surface area contributed by atoms with Gasteiger partial charge in [-0.05, 0) is 72.0 Å². The molecule has 0 amide bonds. The quantitative estimate of drug-likeness (QED) is 0.0965. The van der Waals surface area contributed by atoms with E-state index in [2.05, 4.69) is 160 Å². The Labute approximate surface area is 290 Å². The Kier molecular flexibility index (Phi) is 11.0. The normalized spacial score (nSPS) is 18.0. The zero-order valence-electron chi connectivity index (χ0n) is 29.9. The molecule has 1 unspecified atom stereocenters. The first kappa shape index (κ1) is 35.3. The van der Waals surface area contributed by atoms with Gasteiger partial charge in [0.05, 0.1) is 12.5 Å². The van der Waals surface area contributed by atoms with E-state index < -0.39 is 11.1 Å². The third kappa shape index (κ3) is 6.63. The van der Waals surface area contributed by atoms with Gasteiger partial charge in [-0.25, -0.2) is 4.21 Å². The molecule has 0 saturated heterocycles. The lowest BCUT2D eigenvalue weighted by atomic mass is 9.79. The molecule has 2 heterocycles. The van der Waals surface area contributed by atoms with Crippen molar-refractivity contribution in [2.45, 2.75) is 65.2 Å². The van der Waals surface area contributed by atoms with E-state index in [1.807, 2.05) is 13.8 Å². The molecule has 1 atom stereocenters. The molecule has 0 aromatic heterocycles. The summed E-state index contributed by atoms with van der Waals surface area (Å²) in [5.74, 6) is 0.560. The van der Waals surface area contributed by atoms with Crippen LogP contribution in [-0.4, -0.2) is 41.0 Å². The van der Waals surface area contributed by atoms with Crippen molar-refractivity contribution in [3.8, 4) is 0 Å². The molecule has 2 aliphatic rings. The van der Waals surface area contributed by atoms with Gasteiger partial charge in [0, 0.05) is 46.8 Å². The number of hydrogen-bond donors (Lipinski definition) is 0. The Morgan fingerprint density at radius 1 is 0.750 bits per heavy atom. The number of fused-ring (bicyclic) bond motifs is 6. The predicted molar refractivity (Wildman–Crippen MR) is 208 cm³/mol. The Hall–Kier alpha value is -4.06. The number of hydrogen-bond acceptors (Lipinski definition) is 3. The van der Waals surface area contributed by atoms with Crippen molar-refractivity contribution in [1.29, 1.82) is 0 Å². The Morgan fingerprint density at radius 2 is 1.35 bits per heavy atom. The Bertz CT molecular complexity index is 1980. The highest BCUT2D eigenvalue weighted by atomic mass is 32.2. The van der Waals surface area contributed by atoms with Crippen LogP contribution in [0.4, 0.5) is 11.4 Å². The SMILES string of the molecule is CC.COS(=O)CCCCN1\C(=C/C=C/C=C/C=C\C2=[N+](C)c3ccc4ccccc4c3C2(C)C)C(C)(C)c2c1ccc1ccccc21. The summed E-state index contributed by atoms with van der Waals surface area (Å²) in [6.45, 7) is 14.2. The summed E-state index contributed by atoms with van der Waals surface area (Å²) in [6.07, 6.45) is 16.9. The van der Waals surface area contributed by atoms with Crippen LogP contribution in [0, 0.1) is 0 Å². The average molecular weight is 660 g/mol. The molecule has 48 heavy (non-hydrogen) atoms. The molecule has 0 fully saturated rings. The third-order valence-electron chi connectivity index (χ3n) is 9.73. The lowest BCUT2D eigenvalue weighted by molar-refractivity contribution is -0.401. The molecule has 5 heteroatoms. The van der Waals surface area contributed by atoms with Crippen LogP contribution in [-0.2, 0) is 26.1 Å². The Morgan fingerprint density at radius 3 is 2.04 bits per heavy atom. The fourth-order valence-electron chi connectivity index (χ4n) is 7.53. The molecule has 0 spiro atoms. The highest BCUT2D eigenvalue weighted by molar-refractivity contribution is 7.80. The van der Waals surface area contributed by atoms with Crippen LogP contribution in [0.25, 0.3) is 21.5 Å². The molecule has 250 valence electrons. The van der Waals surface area contributed by atoms with Gasteiger partial charge in [-0.3, -0.25) is 4.18 Å². The van der Waals surface area contributed by atoms with Gasteiger partial charge < -0.3 is 4.90 Å². The van der Waals surface area contributed by atoms with Crippen LogP contribution in [0.5, 0.6) is 0 Å². The van der Waals surface area contributed by atoms with Gasteiger partial charge in [0.25, 0.3) is 0 Å². The molecule has 0 aliphatic carbocycles. The van der Waals surface area contributed by atoms with E-state index in [0.717, 1.165) is 19.4 Å². The van der Waals surface area contributed by atoms with Gasteiger partial charge in [-0.15, -0.1) is 0 Å².